The van der Waals surface area contributed by atoms with Crippen molar-refractivity contribution in [2.45, 2.75) is 58.9 Å². The van der Waals surface area contributed by atoms with Crippen LogP contribution >= 0.6 is 0 Å². The van der Waals surface area contributed by atoms with Crippen molar-refractivity contribution in [2.75, 3.05) is 0 Å². The van der Waals surface area contributed by atoms with Crippen molar-refractivity contribution in [3.63, 3.8) is 0 Å². The van der Waals surface area contributed by atoms with Crippen LogP contribution in [0.3, 0.4) is 0 Å². The minimum absolute atomic E-state index is 0.116. The summed E-state index contributed by atoms with van der Waals surface area (Å²) < 4.78 is 5.54. The van der Waals surface area contributed by atoms with E-state index in [4.69, 9.17) is 4.52 Å². The van der Waals surface area contributed by atoms with Crippen LogP contribution in [0.5, 0.6) is 0 Å². The topological polar surface area (TPSA) is 100 Å². The summed E-state index contributed by atoms with van der Waals surface area (Å²) in [5.74, 6) is 0.518. The van der Waals surface area contributed by atoms with Crippen molar-refractivity contribution in [2.24, 2.45) is 17.8 Å². The lowest BCUT2D eigenvalue weighted by atomic mass is 9.81. The van der Waals surface area contributed by atoms with Crippen LogP contribution in [-0.2, 0) is 11.2 Å². The molecule has 1 heterocycles. The maximum absolute atomic E-state index is 13.5. The number of hydrogen-bond acceptors (Lipinski definition) is 6. The number of nitrogens with zero attached hydrogens (tertiary/aromatic N) is 2. The van der Waals surface area contributed by atoms with Gasteiger partial charge in [0.1, 0.15) is 6.04 Å². The number of hydrogen-bond donors (Lipinski definition) is 3. The van der Waals surface area contributed by atoms with Gasteiger partial charge in [-0.05, 0) is 24.3 Å². The number of rotatable bonds is 13. The molecular formula is C25H36N4O3. The third kappa shape index (κ3) is 7.05. The number of carbonyl (C=O) groups excluding carboxylic acids is 1. The quantitative estimate of drug-likeness (QED) is 0.301. The highest BCUT2D eigenvalue weighted by molar-refractivity contribution is 5.79. The van der Waals surface area contributed by atoms with Gasteiger partial charge in [0.25, 0.3) is 0 Å². The zero-order chi connectivity index (χ0) is 23.7. The van der Waals surface area contributed by atoms with Crippen LogP contribution < -0.4 is 10.8 Å². The molecule has 7 heteroatoms. The minimum atomic E-state index is -0.473. The monoisotopic (exact) mass is 440 g/mol. The fraction of sp³-hybridized carbons (Fsp3) is 0.480. The molecule has 1 aromatic carbocycles. The highest BCUT2D eigenvalue weighted by atomic mass is 16.5. The zero-order valence-corrected chi connectivity index (χ0v) is 19.5. The van der Waals surface area contributed by atoms with Crippen LogP contribution in [0.15, 0.2) is 59.8 Å². The fourth-order valence-electron chi connectivity index (χ4n) is 3.73. The Kier molecular flexibility index (Phi) is 9.65. The molecule has 0 aliphatic heterocycles. The van der Waals surface area contributed by atoms with Crippen LogP contribution in [0.25, 0.3) is 0 Å². The Balaban J connectivity index is 2.35. The van der Waals surface area contributed by atoms with Gasteiger partial charge in [-0.2, -0.15) is 4.98 Å². The predicted octanol–water partition coefficient (Wildman–Crippen LogP) is 4.94. The van der Waals surface area contributed by atoms with Gasteiger partial charge >= 0.3 is 0 Å². The molecule has 0 aliphatic carbocycles. The Morgan fingerprint density at radius 1 is 1.19 bits per heavy atom. The maximum atomic E-state index is 13.5. The van der Waals surface area contributed by atoms with Gasteiger partial charge in [0.2, 0.25) is 11.8 Å². The van der Waals surface area contributed by atoms with E-state index in [2.05, 4.69) is 47.9 Å². The van der Waals surface area contributed by atoms with E-state index in [9.17, 15) is 10.0 Å². The number of benzene rings is 1. The number of allylic oxidation sites excluding steroid dienone is 2. The second-order valence-electron chi connectivity index (χ2n) is 8.90. The van der Waals surface area contributed by atoms with Crippen LogP contribution in [0, 0.1) is 17.8 Å². The first-order valence-corrected chi connectivity index (χ1v) is 11.1. The molecule has 32 heavy (non-hydrogen) atoms. The number of aromatic nitrogens is 2. The maximum Gasteiger partial charge on any atom is 0.249 e. The highest BCUT2D eigenvalue weighted by Gasteiger charge is 2.33. The Morgan fingerprint density at radius 2 is 1.88 bits per heavy atom. The van der Waals surface area contributed by atoms with Gasteiger partial charge in [0.15, 0.2) is 5.82 Å². The first-order valence-electron chi connectivity index (χ1n) is 11.1. The SMILES string of the molecule is C=CC[C@H](C(=C)NO)[C@@H](CC(C)C)C(=O)N[C@@H](Cc1ccccc1)c1nc(C(C)C)no1. The van der Waals surface area contributed by atoms with Gasteiger partial charge in [-0.1, -0.05) is 75.8 Å². The van der Waals surface area contributed by atoms with Crippen molar-refractivity contribution < 1.29 is 14.5 Å². The van der Waals surface area contributed by atoms with Crippen molar-refractivity contribution in [1.82, 2.24) is 20.9 Å². The molecule has 0 fully saturated rings. The number of hydroxylamine groups is 1. The first kappa shape index (κ1) is 25.3. The van der Waals surface area contributed by atoms with E-state index in [1.807, 2.05) is 44.2 Å². The van der Waals surface area contributed by atoms with E-state index in [1.54, 1.807) is 6.08 Å². The van der Waals surface area contributed by atoms with E-state index >= 15 is 0 Å². The molecule has 0 saturated heterocycles. The summed E-state index contributed by atoms with van der Waals surface area (Å²) in [4.78, 5) is 18.1. The minimum Gasteiger partial charge on any atom is -0.344 e. The molecule has 0 bridgehead atoms. The number of carbonyl (C=O) groups is 1. The Morgan fingerprint density at radius 3 is 2.41 bits per heavy atom. The highest BCUT2D eigenvalue weighted by Crippen LogP contribution is 2.30. The van der Waals surface area contributed by atoms with Gasteiger partial charge < -0.3 is 9.84 Å². The number of amides is 1. The van der Waals surface area contributed by atoms with Gasteiger partial charge in [0, 0.05) is 29.9 Å². The second kappa shape index (κ2) is 12.2. The van der Waals surface area contributed by atoms with E-state index in [0.29, 0.717) is 36.7 Å². The summed E-state index contributed by atoms with van der Waals surface area (Å²) >= 11 is 0. The van der Waals surface area contributed by atoms with Gasteiger partial charge in [-0.25, -0.2) is 0 Å². The van der Waals surface area contributed by atoms with Crippen molar-refractivity contribution in [1.29, 1.82) is 0 Å². The summed E-state index contributed by atoms with van der Waals surface area (Å²) in [5.41, 5.74) is 3.58. The first-order chi connectivity index (χ1) is 15.3. The average molecular weight is 441 g/mol. The third-order valence-electron chi connectivity index (χ3n) is 5.43. The lowest BCUT2D eigenvalue weighted by Gasteiger charge is -2.29. The molecule has 3 N–H and O–H groups in total. The lowest BCUT2D eigenvalue weighted by Crippen LogP contribution is -2.40. The molecule has 0 aliphatic rings. The van der Waals surface area contributed by atoms with Gasteiger partial charge in [0.05, 0.1) is 0 Å². The van der Waals surface area contributed by atoms with Gasteiger partial charge in [-0.15, -0.1) is 6.58 Å². The standard InChI is InChI=1S/C25H36N4O3/c1-7-11-20(18(6)28-31)21(14-16(2)3)24(30)26-22(15-19-12-9-8-10-13-19)25-27-23(17(4)5)29-32-25/h7-10,12-13,16-17,20-22,28,31H,1,6,11,14-15H2,2-5H3,(H,26,30)/t20-,21-,22+/m1/s1. The molecule has 1 aromatic heterocycles. The second-order valence-corrected chi connectivity index (χ2v) is 8.90. The molecule has 7 nitrogen and oxygen atoms in total. The molecule has 1 amide bonds. The summed E-state index contributed by atoms with van der Waals surface area (Å²) in [7, 11) is 0. The zero-order valence-electron chi connectivity index (χ0n) is 19.5. The van der Waals surface area contributed by atoms with Gasteiger partial charge in [-0.3, -0.25) is 15.5 Å². The van der Waals surface area contributed by atoms with Crippen molar-refractivity contribution in [3.05, 3.63) is 72.5 Å². The van der Waals surface area contributed by atoms with E-state index in [0.717, 1.165) is 5.56 Å². The molecule has 3 atom stereocenters. The normalized spacial score (nSPS) is 14.1. The van der Waals surface area contributed by atoms with Crippen LogP contribution in [-0.4, -0.2) is 21.3 Å². The molecule has 0 radical (unpaired) electrons. The summed E-state index contributed by atoms with van der Waals surface area (Å²) in [6.07, 6.45) is 3.40. The fourth-order valence-corrected chi connectivity index (χ4v) is 3.73. The van der Waals surface area contributed by atoms with Crippen molar-refractivity contribution >= 4 is 5.91 Å². The molecule has 2 rings (SSSR count). The van der Waals surface area contributed by atoms with E-state index in [-0.39, 0.29) is 23.7 Å². The number of nitrogens with one attached hydrogen (secondary N) is 2. The molecule has 0 unspecified atom stereocenters. The van der Waals surface area contributed by atoms with E-state index < -0.39 is 12.0 Å². The lowest BCUT2D eigenvalue weighted by molar-refractivity contribution is -0.128. The summed E-state index contributed by atoms with van der Waals surface area (Å²) in [6, 6.07) is 9.40. The summed E-state index contributed by atoms with van der Waals surface area (Å²) in [6.45, 7) is 15.8. The van der Waals surface area contributed by atoms with Crippen LogP contribution in [0.1, 0.15) is 69.8 Å². The summed E-state index contributed by atoms with van der Waals surface area (Å²) in [5, 5.41) is 16.7. The van der Waals surface area contributed by atoms with Crippen molar-refractivity contribution in [3.8, 4) is 0 Å². The average Bonchev–Trinajstić information content (AvgIpc) is 3.26. The smallest absolute Gasteiger partial charge is 0.249 e. The molecule has 174 valence electrons. The third-order valence-corrected chi connectivity index (χ3v) is 5.43. The molecular weight excluding hydrogens is 404 g/mol. The Bertz CT molecular complexity index is 876. The molecule has 2 aromatic rings. The predicted molar refractivity (Wildman–Crippen MR) is 125 cm³/mol. The Labute approximate surface area is 191 Å². The Hall–Kier alpha value is -2.93. The van der Waals surface area contributed by atoms with Crippen LogP contribution in [0.2, 0.25) is 0 Å². The largest absolute Gasteiger partial charge is 0.344 e. The van der Waals surface area contributed by atoms with Crippen LogP contribution in [0.4, 0.5) is 0 Å². The van der Waals surface area contributed by atoms with E-state index in [1.165, 1.54) is 0 Å². The molecule has 0 spiro atoms. The molecule has 0 saturated carbocycles.